The van der Waals surface area contributed by atoms with E-state index in [2.05, 4.69) is 0 Å². The quantitative estimate of drug-likeness (QED) is 0.789. The second kappa shape index (κ2) is 4.64. The Kier molecular flexibility index (Phi) is 3.39. The van der Waals surface area contributed by atoms with E-state index in [1.165, 1.54) is 4.90 Å². The van der Waals surface area contributed by atoms with Crippen molar-refractivity contribution in [1.29, 1.82) is 0 Å². The first-order valence-corrected chi connectivity index (χ1v) is 6.60. The van der Waals surface area contributed by atoms with Crippen LogP contribution in [0.3, 0.4) is 0 Å². The van der Waals surface area contributed by atoms with Gasteiger partial charge in [-0.2, -0.15) is 0 Å². The summed E-state index contributed by atoms with van der Waals surface area (Å²) in [6, 6.07) is -1.18. The maximum Gasteiger partial charge on any atom is 0.410 e. The van der Waals surface area contributed by atoms with Crippen molar-refractivity contribution < 1.29 is 29.3 Å². The topological polar surface area (TPSA) is 104 Å². The Hall–Kier alpha value is -1.79. The Morgan fingerprint density at radius 1 is 1.00 bits per heavy atom. The highest BCUT2D eigenvalue weighted by molar-refractivity contribution is 5.85. The summed E-state index contributed by atoms with van der Waals surface area (Å²) in [4.78, 5) is 36.1. The molecule has 7 heteroatoms. The number of amides is 1. The van der Waals surface area contributed by atoms with Gasteiger partial charge in [-0.1, -0.05) is 0 Å². The molecule has 2 fully saturated rings. The lowest BCUT2D eigenvalue weighted by atomic mass is 9.79. The van der Waals surface area contributed by atoms with Crippen LogP contribution in [0.15, 0.2) is 0 Å². The van der Waals surface area contributed by atoms with Gasteiger partial charge in [0.15, 0.2) is 0 Å². The Morgan fingerprint density at radius 2 is 1.40 bits per heavy atom. The van der Waals surface area contributed by atoms with Gasteiger partial charge in [-0.25, -0.2) is 4.79 Å². The number of hydrogen-bond donors (Lipinski definition) is 2. The van der Waals surface area contributed by atoms with Crippen LogP contribution in [0.2, 0.25) is 0 Å². The fourth-order valence-electron chi connectivity index (χ4n) is 3.27. The minimum atomic E-state index is -1.17. The van der Waals surface area contributed by atoms with Gasteiger partial charge >= 0.3 is 18.0 Å². The summed E-state index contributed by atoms with van der Waals surface area (Å²) in [5.74, 6) is -4.45. The summed E-state index contributed by atoms with van der Waals surface area (Å²) in [6.45, 7) is 5.14. The van der Waals surface area contributed by atoms with E-state index in [-0.39, 0.29) is 0 Å². The lowest BCUT2D eigenvalue weighted by Crippen LogP contribution is -2.41. The summed E-state index contributed by atoms with van der Waals surface area (Å²) in [6.07, 6.45) is 0.384. The number of rotatable bonds is 2. The third kappa shape index (κ3) is 2.32. The van der Waals surface area contributed by atoms with Crippen LogP contribution in [-0.4, -0.2) is 50.8 Å². The average Bonchev–Trinajstić information content (AvgIpc) is 2.80. The average molecular weight is 285 g/mol. The van der Waals surface area contributed by atoms with E-state index in [1.54, 1.807) is 20.8 Å². The number of carboxylic acids is 2. The van der Waals surface area contributed by atoms with E-state index in [4.69, 9.17) is 4.74 Å². The summed E-state index contributed by atoms with van der Waals surface area (Å²) in [7, 11) is 0. The van der Waals surface area contributed by atoms with Gasteiger partial charge < -0.3 is 19.8 Å². The third-order valence-electron chi connectivity index (χ3n) is 3.86. The number of hydrogen-bond acceptors (Lipinski definition) is 4. The second-order valence-electron chi connectivity index (χ2n) is 6.33. The highest BCUT2D eigenvalue weighted by Crippen LogP contribution is 2.46. The Labute approximate surface area is 116 Å². The van der Waals surface area contributed by atoms with Gasteiger partial charge in [-0.3, -0.25) is 9.59 Å². The number of carbonyl (C=O) groups excluding carboxylic acids is 1. The van der Waals surface area contributed by atoms with Crippen LogP contribution in [0.4, 0.5) is 4.79 Å². The summed E-state index contributed by atoms with van der Waals surface area (Å²) in [5, 5.41) is 18.5. The molecule has 0 aromatic carbocycles. The highest BCUT2D eigenvalue weighted by Gasteiger charge is 2.61. The molecule has 1 amide bonds. The molecule has 4 atom stereocenters. The minimum Gasteiger partial charge on any atom is -0.481 e. The van der Waals surface area contributed by atoms with Crippen molar-refractivity contribution in [2.45, 2.75) is 51.3 Å². The molecular weight excluding hydrogens is 266 g/mol. The molecule has 2 aliphatic heterocycles. The number of aliphatic carboxylic acids is 2. The van der Waals surface area contributed by atoms with Crippen LogP contribution in [0.25, 0.3) is 0 Å². The largest absolute Gasteiger partial charge is 0.481 e. The predicted octanol–water partition coefficient (Wildman–Crippen LogP) is 1.17. The first-order valence-electron chi connectivity index (χ1n) is 6.60. The molecule has 0 aromatic heterocycles. The number of fused-ring (bicyclic) bond motifs is 2. The van der Waals surface area contributed by atoms with Crippen molar-refractivity contribution in [2.75, 3.05) is 0 Å². The standard InChI is InChI=1S/C13H19NO6/c1-13(2,3)20-12(19)14-6-4-5-7(14)9(11(17)18)8(6)10(15)16/h6-9H,4-5H2,1-3H3,(H,15,16)(H,17,18)/t6-,7+,8+,9?/m0/s1. The van der Waals surface area contributed by atoms with Crippen molar-refractivity contribution >= 4 is 18.0 Å². The number of ether oxygens (including phenoxy) is 1. The number of carboxylic acid groups (broad SMARTS) is 2. The molecule has 20 heavy (non-hydrogen) atoms. The van der Waals surface area contributed by atoms with E-state index < -0.39 is 47.6 Å². The van der Waals surface area contributed by atoms with Crippen molar-refractivity contribution in [3.63, 3.8) is 0 Å². The van der Waals surface area contributed by atoms with Gasteiger partial charge in [0.2, 0.25) is 0 Å². The SMILES string of the molecule is CC(C)(C)OC(=O)N1[C@@H]2CC[C@H]1[C@@H](C(=O)O)C2C(=O)O. The fourth-order valence-corrected chi connectivity index (χ4v) is 3.27. The summed E-state index contributed by atoms with van der Waals surface area (Å²) >= 11 is 0. The van der Waals surface area contributed by atoms with Gasteiger partial charge in [-0.15, -0.1) is 0 Å². The molecular formula is C13H19NO6. The van der Waals surface area contributed by atoms with Crippen LogP contribution in [0.1, 0.15) is 33.6 Å². The molecule has 0 aromatic rings. The van der Waals surface area contributed by atoms with Gasteiger partial charge in [0.25, 0.3) is 0 Å². The number of nitrogens with zero attached hydrogens (tertiary/aromatic N) is 1. The lowest BCUT2D eigenvalue weighted by molar-refractivity contribution is -0.154. The zero-order valence-electron chi connectivity index (χ0n) is 11.7. The molecule has 2 rings (SSSR count). The minimum absolute atomic E-state index is 0.505. The summed E-state index contributed by atoms with van der Waals surface area (Å²) in [5.41, 5.74) is -0.698. The van der Waals surface area contributed by atoms with E-state index in [9.17, 15) is 24.6 Å². The van der Waals surface area contributed by atoms with Crippen LogP contribution in [0, 0.1) is 11.8 Å². The zero-order valence-corrected chi connectivity index (χ0v) is 11.7. The monoisotopic (exact) mass is 285 g/mol. The van der Waals surface area contributed by atoms with Crippen LogP contribution < -0.4 is 0 Å². The third-order valence-corrected chi connectivity index (χ3v) is 3.86. The molecule has 2 saturated heterocycles. The Morgan fingerprint density at radius 3 is 1.70 bits per heavy atom. The lowest BCUT2D eigenvalue weighted by Gasteiger charge is -2.27. The Balaban J connectivity index is 2.27. The van der Waals surface area contributed by atoms with E-state index in [0.29, 0.717) is 12.8 Å². The molecule has 112 valence electrons. The summed E-state index contributed by atoms with van der Waals surface area (Å²) < 4.78 is 5.26. The Bertz CT molecular complexity index is 426. The number of carbonyl (C=O) groups is 3. The van der Waals surface area contributed by atoms with Crippen LogP contribution in [-0.2, 0) is 14.3 Å². The first-order chi connectivity index (χ1) is 9.13. The van der Waals surface area contributed by atoms with E-state index >= 15 is 0 Å². The highest BCUT2D eigenvalue weighted by atomic mass is 16.6. The van der Waals surface area contributed by atoms with Crippen molar-refractivity contribution in [2.24, 2.45) is 11.8 Å². The van der Waals surface area contributed by atoms with Crippen molar-refractivity contribution in [3.05, 3.63) is 0 Å². The van der Waals surface area contributed by atoms with Crippen LogP contribution >= 0.6 is 0 Å². The smallest absolute Gasteiger partial charge is 0.410 e. The predicted molar refractivity (Wildman–Crippen MR) is 67.1 cm³/mol. The maximum atomic E-state index is 12.2. The molecule has 2 aliphatic rings. The molecule has 2 bridgehead atoms. The molecule has 2 N–H and O–H groups in total. The zero-order chi connectivity index (χ0) is 15.2. The van der Waals surface area contributed by atoms with Crippen molar-refractivity contribution in [3.8, 4) is 0 Å². The molecule has 2 heterocycles. The van der Waals surface area contributed by atoms with Gasteiger partial charge in [0.05, 0.1) is 11.8 Å². The van der Waals surface area contributed by atoms with Gasteiger partial charge in [-0.05, 0) is 33.6 Å². The molecule has 1 unspecified atom stereocenters. The van der Waals surface area contributed by atoms with Gasteiger partial charge in [0.1, 0.15) is 5.60 Å². The molecule has 0 radical (unpaired) electrons. The molecule has 0 aliphatic carbocycles. The van der Waals surface area contributed by atoms with E-state index in [1.807, 2.05) is 0 Å². The molecule has 0 saturated carbocycles. The molecule has 7 nitrogen and oxygen atoms in total. The second-order valence-corrected chi connectivity index (χ2v) is 6.33. The van der Waals surface area contributed by atoms with Crippen molar-refractivity contribution in [1.82, 2.24) is 4.90 Å². The van der Waals surface area contributed by atoms with E-state index in [0.717, 1.165) is 0 Å². The fraction of sp³-hybridized carbons (Fsp3) is 0.769. The normalized spacial score (nSPS) is 32.2. The molecule has 0 spiro atoms. The van der Waals surface area contributed by atoms with Gasteiger partial charge in [0, 0.05) is 12.1 Å². The van der Waals surface area contributed by atoms with Crippen LogP contribution in [0.5, 0.6) is 0 Å². The maximum absolute atomic E-state index is 12.2. The first kappa shape index (κ1) is 14.6.